The van der Waals surface area contributed by atoms with E-state index in [0.717, 1.165) is 56.0 Å². The first-order valence-corrected chi connectivity index (χ1v) is 13.6. The highest BCUT2D eigenvalue weighted by atomic mass is 16.2. The number of aromatic amines is 1. The fourth-order valence-electron chi connectivity index (χ4n) is 5.07. The molecule has 1 fully saturated rings. The molecule has 2 aromatic carbocycles. The SMILES string of the molecule is CCCCN(CC(=O)N(CCc1c[nH]c2ccccc12)Cc1ccccc1)C(=O)NC1CCCCC1. The highest BCUT2D eigenvalue weighted by molar-refractivity contribution is 5.85. The van der Waals surface area contributed by atoms with E-state index in [-0.39, 0.29) is 24.5 Å². The van der Waals surface area contributed by atoms with Crippen LogP contribution in [0.25, 0.3) is 10.9 Å². The molecule has 1 saturated carbocycles. The third-order valence-corrected chi connectivity index (χ3v) is 7.22. The van der Waals surface area contributed by atoms with Gasteiger partial charge in [0.2, 0.25) is 5.91 Å². The van der Waals surface area contributed by atoms with Gasteiger partial charge in [0.05, 0.1) is 0 Å². The number of benzene rings is 2. The molecule has 0 radical (unpaired) electrons. The number of aromatic nitrogens is 1. The van der Waals surface area contributed by atoms with Crippen LogP contribution < -0.4 is 5.32 Å². The van der Waals surface area contributed by atoms with Crippen molar-refractivity contribution >= 4 is 22.8 Å². The Morgan fingerprint density at radius 1 is 0.944 bits per heavy atom. The second-order valence-corrected chi connectivity index (χ2v) is 9.97. The summed E-state index contributed by atoms with van der Waals surface area (Å²) in [6.45, 7) is 3.96. The van der Waals surface area contributed by atoms with Gasteiger partial charge in [0, 0.05) is 42.8 Å². The number of rotatable bonds is 11. The molecule has 0 atom stereocenters. The third kappa shape index (κ3) is 7.12. The quantitative estimate of drug-likeness (QED) is 0.354. The Morgan fingerprint density at radius 3 is 2.47 bits per heavy atom. The first-order chi connectivity index (χ1) is 17.6. The van der Waals surface area contributed by atoms with Crippen LogP contribution in [0.1, 0.15) is 63.0 Å². The summed E-state index contributed by atoms with van der Waals surface area (Å²) in [6, 6.07) is 18.5. The van der Waals surface area contributed by atoms with E-state index in [2.05, 4.69) is 41.5 Å². The van der Waals surface area contributed by atoms with Crippen LogP contribution in [0, 0.1) is 0 Å². The van der Waals surface area contributed by atoms with Crippen LogP contribution in [-0.4, -0.2) is 52.4 Å². The second kappa shape index (κ2) is 13.1. The maximum Gasteiger partial charge on any atom is 0.318 e. The van der Waals surface area contributed by atoms with Gasteiger partial charge in [-0.3, -0.25) is 4.79 Å². The number of hydrogen-bond donors (Lipinski definition) is 2. The van der Waals surface area contributed by atoms with Crippen molar-refractivity contribution in [1.82, 2.24) is 20.1 Å². The smallest absolute Gasteiger partial charge is 0.318 e. The molecule has 0 spiro atoms. The van der Waals surface area contributed by atoms with Gasteiger partial charge >= 0.3 is 6.03 Å². The molecule has 192 valence electrons. The lowest BCUT2D eigenvalue weighted by atomic mass is 9.96. The van der Waals surface area contributed by atoms with Crippen molar-refractivity contribution < 1.29 is 9.59 Å². The highest BCUT2D eigenvalue weighted by Gasteiger charge is 2.24. The zero-order valence-electron chi connectivity index (χ0n) is 21.5. The number of para-hydroxylation sites is 1. The van der Waals surface area contributed by atoms with E-state index >= 15 is 0 Å². The van der Waals surface area contributed by atoms with Crippen molar-refractivity contribution in [2.24, 2.45) is 0 Å². The molecule has 3 amide bonds. The zero-order chi connectivity index (χ0) is 25.2. The lowest BCUT2D eigenvalue weighted by molar-refractivity contribution is -0.132. The van der Waals surface area contributed by atoms with Crippen LogP contribution in [0.2, 0.25) is 0 Å². The number of nitrogens with zero attached hydrogens (tertiary/aromatic N) is 2. The molecule has 0 unspecified atom stereocenters. The molecule has 36 heavy (non-hydrogen) atoms. The van der Waals surface area contributed by atoms with Gasteiger partial charge in [0.15, 0.2) is 0 Å². The summed E-state index contributed by atoms with van der Waals surface area (Å²) in [5.41, 5.74) is 3.41. The van der Waals surface area contributed by atoms with Crippen LogP contribution in [0.5, 0.6) is 0 Å². The predicted molar refractivity (Wildman–Crippen MR) is 146 cm³/mol. The summed E-state index contributed by atoms with van der Waals surface area (Å²) >= 11 is 0. The van der Waals surface area contributed by atoms with Gasteiger partial charge in [0.1, 0.15) is 6.54 Å². The third-order valence-electron chi connectivity index (χ3n) is 7.22. The second-order valence-electron chi connectivity index (χ2n) is 9.97. The highest BCUT2D eigenvalue weighted by Crippen LogP contribution is 2.20. The lowest BCUT2D eigenvalue weighted by Crippen LogP contribution is -2.50. The summed E-state index contributed by atoms with van der Waals surface area (Å²) < 4.78 is 0. The van der Waals surface area contributed by atoms with Crippen molar-refractivity contribution in [1.29, 1.82) is 0 Å². The maximum atomic E-state index is 13.6. The number of fused-ring (bicyclic) bond motifs is 1. The molecule has 1 aliphatic rings. The molecule has 1 aliphatic carbocycles. The average molecular weight is 489 g/mol. The Balaban J connectivity index is 1.45. The fraction of sp³-hybridized carbons (Fsp3) is 0.467. The molecular formula is C30H40N4O2. The summed E-state index contributed by atoms with van der Waals surface area (Å²) in [5, 5.41) is 4.40. The van der Waals surface area contributed by atoms with Crippen molar-refractivity contribution in [3.8, 4) is 0 Å². The van der Waals surface area contributed by atoms with Gasteiger partial charge in [-0.2, -0.15) is 0 Å². The molecule has 6 heteroatoms. The summed E-state index contributed by atoms with van der Waals surface area (Å²) in [4.78, 5) is 33.8. The molecule has 0 bridgehead atoms. The lowest BCUT2D eigenvalue weighted by Gasteiger charge is -2.30. The average Bonchev–Trinajstić information content (AvgIpc) is 3.33. The van der Waals surface area contributed by atoms with Gasteiger partial charge < -0.3 is 20.1 Å². The standard InChI is InChI=1S/C30H40N4O2/c1-2-3-19-34(30(36)32-26-14-8-5-9-15-26)23-29(35)33(22-24-12-6-4-7-13-24)20-18-25-21-31-28-17-11-10-16-27(25)28/h4,6-7,10-13,16-17,21,26,31H,2-3,5,8-9,14-15,18-20,22-23H2,1H3,(H,32,36). The van der Waals surface area contributed by atoms with Crippen LogP contribution in [-0.2, 0) is 17.8 Å². The molecule has 0 aliphatic heterocycles. The molecule has 3 aromatic rings. The van der Waals surface area contributed by atoms with Crippen molar-refractivity contribution in [3.05, 3.63) is 71.9 Å². The van der Waals surface area contributed by atoms with Gasteiger partial charge in [-0.25, -0.2) is 4.79 Å². The van der Waals surface area contributed by atoms with Gasteiger partial charge in [-0.1, -0.05) is 81.1 Å². The van der Waals surface area contributed by atoms with Crippen LogP contribution in [0.4, 0.5) is 4.79 Å². The fourth-order valence-corrected chi connectivity index (χ4v) is 5.07. The number of H-pyrrole nitrogens is 1. The normalized spacial score (nSPS) is 14.0. The van der Waals surface area contributed by atoms with Gasteiger partial charge in [0.25, 0.3) is 0 Å². The Kier molecular flexibility index (Phi) is 9.42. The van der Waals surface area contributed by atoms with E-state index in [1.807, 2.05) is 41.4 Å². The number of hydrogen-bond acceptors (Lipinski definition) is 2. The minimum Gasteiger partial charge on any atom is -0.361 e. The Morgan fingerprint density at radius 2 is 1.69 bits per heavy atom. The number of urea groups is 1. The predicted octanol–water partition coefficient (Wildman–Crippen LogP) is 5.88. The van der Waals surface area contributed by atoms with E-state index in [1.54, 1.807) is 4.90 Å². The zero-order valence-corrected chi connectivity index (χ0v) is 21.5. The van der Waals surface area contributed by atoms with Crippen molar-refractivity contribution in [3.63, 3.8) is 0 Å². The maximum absolute atomic E-state index is 13.6. The summed E-state index contributed by atoms with van der Waals surface area (Å²) in [5.74, 6) is -0.00593. The summed E-state index contributed by atoms with van der Waals surface area (Å²) in [7, 11) is 0. The first-order valence-electron chi connectivity index (χ1n) is 13.6. The first kappa shape index (κ1) is 25.8. The number of unbranched alkanes of at least 4 members (excludes halogenated alkanes) is 1. The molecule has 6 nitrogen and oxygen atoms in total. The Hall–Kier alpha value is -3.28. The van der Waals surface area contributed by atoms with Crippen LogP contribution in [0.3, 0.4) is 0 Å². The van der Waals surface area contributed by atoms with E-state index in [9.17, 15) is 9.59 Å². The molecular weight excluding hydrogens is 448 g/mol. The molecule has 1 aromatic heterocycles. The van der Waals surface area contributed by atoms with Gasteiger partial charge in [-0.15, -0.1) is 0 Å². The molecule has 1 heterocycles. The van der Waals surface area contributed by atoms with E-state index in [1.165, 1.54) is 17.4 Å². The largest absolute Gasteiger partial charge is 0.361 e. The molecule has 4 rings (SSSR count). The number of carbonyl (C=O) groups is 2. The number of amides is 3. The van der Waals surface area contributed by atoms with E-state index < -0.39 is 0 Å². The molecule has 0 saturated heterocycles. The minimum absolute atomic E-state index is 0.00593. The van der Waals surface area contributed by atoms with Crippen molar-refractivity contribution in [2.75, 3.05) is 19.6 Å². The van der Waals surface area contributed by atoms with E-state index in [4.69, 9.17) is 0 Å². The number of carbonyl (C=O) groups excluding carboxylic acids is 2. The number of nitrogens with one attached hydrogen (secondary N) is 2. The Bertz CT molecular complexity index is 1100. The minimum atomic E-state index is -0.0972. The van der Waals surface area contributed by atoms with Crippen molar-refractivity contribution in [2.45, 2.75) is 70.9 Å². The molecule has 2 N–H and O–H groups in total. The van der Waals surface area contributed by atoms with E-state index in [0.29, 0.717) is 19.6 Å². The Labute approximate surface area is 215 Å². The van der Waals surface area contributed by atoms with Crippen LogP contribution in [0.15, 0.2) is 60.8 Å². The van der Waals surface area contributed by atoms with Crippen LogP contribution >= 0.6 is 0 Å². The summed E-state index contributed by atoms with van der Waals surface area (Å²) in [6.07, 6.45) is 10.3. The topological polar surface area (TPSA) is 68.4 Å². The van der Waals surface area contributed by atoms with Gasteiger partial charge in [-0.05, 0) is 42.9 Å². The monoisotopic (exact) mass is 488 g/mol.